The Hall–Kier alpha value is -0.340. The molecule has 2 unspecified atom stereocenters. The van der Waals surface area contributed by atoms with Gasteiger partial charge in [-0.2, -0.15) is 0 Å². The molecule has 1 rings (SSSR count). The molecule has 94 valence electrons. The number of nitrogens with zero attached hydrogens (tertiary/aromatic N) is 1. The Morgan fingerprint density at radius 2 is 2.25 bits per heavy atom. The molecule has 2 nitrogen and oxygen atoms in total. The second kappa shape index (κ2) is 5.83. The molecule has 2 atom stereocenters. The molecular formula is C14H28N2. The van der Waals surface area contributed by atoms with Crippen molar-refractivity contribution in [3.8, 4) is 0 Å². The van der Waals surface area contributed by atoms with E-state index in [-0.39, 0.29) is 5.54 Å². The molecule has 0 saturated heterocycles. The molecule has 1 aliphatic carbocycles. The topological polar surface area (TPSA) is 29.3 Å². The van der Waals surface area contributed by atoms with E-state index >= 15 is 0 Å². The van der Waals surface area contributed by atoms with Crippen LogP contribution in [0.15, 0.2) is 12.7 Å². The van der Waals surface area contributed by atoms with Gasteiger partial charge >= 0.3 is 0 Å². The van der Waals surface area contributed by atoms with Crippen molar-refractivity contribution in [2.75, 3.05) is 13.1 Å². The molecule has 0 radical (unpaired) electrons. The van der Waals surface area contributed by atoms with Gasteiger partial charge < -0.3 is 5.73 Å². The lowest BCUT2D eigenvalue weighted by Gasteiger charge is -2.41. The lowest BCUT2D eigenvalue weighted by atomic mass is 9.76. The maximum absolute atomic E-state index is 6.54. The van der Waals surface area contributed by atoms with E-state index < -0.39 is 0 Å². The molecule has 1 aliphatic rings. The second-order valence-corrected chi connectivity index (χ2v) is 5.88. The van der Waals surface area contributed by atoms with Crippen molar-refractivity contribution >= 4 is 0 Å². The van der Waals surface area contributed by atoms with Gasteiger partial charge in [-0.05, 0) is 32.6 Å². The molecule has 16 heavy (non-hydrogen) atoms. The summed E-state index contributed by atoms with van der Waals surface area (Å²) >= 11 is 0. The minimum atomic E-state index is 0.0327. The van der Waals surface area contributed by atoms with Crippen LogP contribution < -0.4 is 5.73 Å². The Bertz CT molecular complexity index is 225. The fourth-order valence-electron chi connectivity index (χ4n) is 2.87. The summed E-state index contributed by atoms with van der Waals surface area (Å²) in [7, 11) is 0. The van der Waals surface area contributed by atoms with Crippen LogP contribution in [0.2, 0.25) is 0 Å². The van der Waals surface area contributed by atoms with E-state index in [0.29, 0.717) is 6.04 Å². The highest BCUT2D eigenvalue weighted by atomic mass is 15.2. The fourth-order valence-corrected chi connectivity index (χ4v) is 2.87. The lowest BCUT2D eigenvalue weighted by Crippen LogP contribution is -2.54. The van der Waals surface area contributed by atoms with E-state index in [0.717, 1.165) is 19.0 Å². The highest BCUT2D eigenvalue weighted by Gasteiger charge is 2.32. The van der Waals surface area contributed by atoms with E-state index in [2.05, 4.69) is 32.3 Å². The van der Waals surface area contributed by atoms with Crippen molar-refractivity contribution in [1.82, 2.24) is 4.90 Å². The Kier molecular flexibility index (Phi) is 5.00. The molecule has 0 heterocycles. The minimum absolute atomic E-state index is 0.0327. The minimum Gasteiger partial charge on any atom is -0.324 e. The average molecular weight is 224 g/mol. The smallest absolute Gasteiger partial charge is 0.0286 e. The lowest BCUT2D eigenvalue weighted by molar-refractivity contribution is 0.137. The van der Waals surface area contributed by atoms with Gasteiger partial charge in [0.25, 0.3) is 0 Å². The molecule has 0 aromatic heterocycles. The normalized spacial score (nSPS) is 31.0. The van der Waals surface area contributed by atoms with Crippen LogP contribution >= 0.6 is 0 Å². The molecule has 2 N–H and O–H groups in total. The SMILES string of the molecule is C=CCN(CC1(N)CCCC(C)C1)C(C)C. The van der Waals surface area contributed by atoms with Crippen molar-refractivity contribution < 1.29 is 0 Å². The van der Waals surface area contributed by atoms with Crippen LogP contribution in [0.5, 0.6) is 0 Å². The summed E-state index contributed by atoms with van der Waals surface area (Å²) < 4.78 is 0. The largest absolute Gasteiger partial charge is 0.324 e. The molecule has 2 heteroatoms. The van der Waals surface area contributed by atoms with Crippen LogP contribution in [0.25, 0.3) is 0 Å². The van der Waals surface area contributed by atoms with Crippen LogP contribution in [0, 0.1) is 5.92 Å². The third-order valence-electron chi connectivity index (χ3n) is 3.74. The maximum Gasteiger partial charge on any atom is 0.0286 e. The Balaban J connectivity index is 2.57. The average Bonchev–Trinajstić information content (AvgIpc) is 2.16. The number of nitrogens with two attached hydrogens (primary N) is 1. The third-order valence-corrected chi connectivity index (χ3v) is 3.74. The zero-order valence-corrected chi connectivity index (χ0v) is 11.2. The molecule has 0 spiro atoms. The molecule has 0 bridgehead atoms. The Labute approximate surface area is 101 Å². The quantitative estimate of drug-likeness (QED) is 0.728. The van der Waals surface area contributed by atoms with Crippen molar-refractivity contribution in [2.45, 2.75) is 58.0 Å². The van der Waals surface area contributed by atoms with Crippen LogP contribution in [0.4, 0.5) is 0 Å². The van der Waals surface area contributed by atoms with Crippen molar-refractivity contribution in [3.63, 3.8) is 0 Å². The van der Waals surface area contributed by atoms with Gasteiger partial charge in [0.1, 0.15) is 0 Å². The van der Waals surface area contributed by atoms with Crippen molar-refractivity contribution in [3.05, 3.63) is 12.7 Å². The van der Waals surface area contributed by atoms with Crippen LogP contribution in [0.3, 0.4) is 0 Å². The van der Waals surface area contributed by atoms with E-state index in [9.17, 15) is 0 Å². The molecule has 1 saturated carbocycles. The van der Waals surface area contributed by atoms with Gasteiger partial charge in [0.2, 0.25) is 0 Å². The molecule has 1 fully saturated rings. The van der Waals surface area contributed by atoms with Crippen LogP contribution in [-0.4, -0.2) is 29.6 Å². The Morgan fingerprint density at radius 3 is 2.75 bits per heavy atom. The van der Waals surface area contributed by atoms with Gasteiger partial charge in [-0.15, -0.1) is 6.58 Å². The summed E-state index contributed by atoms with van der Waals surface area (Å²) in [5.74, 6) is 0.788. The molecule has 0 aliphatic heterocycles. The first-order valence-electron chi connectivity index (χ1n) is 6.61. The zero-order valence-electron chi connectivity index (χ0n) is 11.2. The van der Waals surface area contributed by atoms with Crippen molar-refractivity contribution in [2.24, 2.45) is 11.7 Å². The summed E-state index contributed by atoms with van der Waals surface area (Å²) in [5, 5.41) is 0. The first kappa shape index (κ1) is 13.7. The van der Waals surface area contributed by atoms with E-state index in [1.54, 1.807) is 0 Å². The Morgan fingerprint density at radius 1 is 1.56 bits per heavy atom. The fraction of sp³-hybridized carbons (Fsp3) is 0.857. The maximum atomic E-state index is 6.54. The zero-order chi connectivity index (χ0) is 12.2. The monoisotopic (exact) mass is 224 g/mol. The van der Waals surface area contributed by atoms with Gasteiger partial charge in [0, 0.05) is 24.7 Å². The summed E-state index contributed by atoms with van der Waals surface area (Å²) in [4.78, 5) is 2.44. The summed E-state index contributed by atoms with van der Waals surface area (Å²) in [6.45, 7) is 12.6. The van der Waals surface area contributed by atoms with Gasteiger partial charge in [-0.3, -0.25) is 4.90 Å². The highest BCUT2D eigenvalue weighted by Crippen LogP contribution is 2.31. The van der Waals surface area contributed by atoms with E-state index in [1.807, 2.05) is 6.08 Å². The molecular weight excluding hydrogens is 196 g/mol. The van der Waals surface area contributed by atoms with Crippen molar-refractivity contribution in [1.29, 1.82) is 0 Å². The molecule has 0 amide bonds. The second-order valence-electron chi connectivity index (χ2n) is 5.88. The van der Waals surface area contributed by atoms with Gasteiger partial charge in [-0.1, -0.05) is 25.8 Å². The first-order valence-corrected chi connectivity index (χ1v) is 6.61. The van der Waals surface area contributed by atoms with E-state index in [1.165, 1.54) is 25.7 Å². The van der Waals surface area contributed by atoms with Crippen LogP contribution in [0.1, 0.15) is 46.5 Å². The number of rotatable bonds is 5. The molecule has 0 aromatic carbocycles. The van der Waals surface area contributed by atoms with Gasteiger partial charge in [0.15, 0.2) is 0 Å². The van der Waals surface area contributed by atoms with E-state index in [4.69, 9.17) is 5.73 Å². The summed E-state index contributed by atoms with van der Waals surface area (Å²) in [6.07, 6.45) is 6.97. The summed E-state index contributed by atoms with van der Waals surface area (Å²) in [5.41, 5.74) is 6.58. The van der Waals surface area contributed by atoms with Crippen LogP contribution in [-0.2, 0) is 0 Å². The summed E-state index contributed by atoms with van der Waals surface area (Å²) in [6, 6.07) is 0.552. The number of hydrogen-bond acceptors (Lipinski definition) is 2. The highest BCUT2D eigenvalue weighted by molar-refractivity contribution is 4.94. The number of hydrogen-bond donors (Lipinski definition) is 1. The van der Waals surface area contributed by atoms with Gasteiger partial charge in [0.05, 0.1) is 0 Å². The molecule has 0 aromatic rings. The predicted octanol–water partition coefficient (Wildman–Crippen LogP) is 2.79. The van der Waals surface area contributed by atoms with Gasteiger partial charge in [-0.25, -0.2) is 0 Å². The third kappa shape index (κ3) is 3.91. The standard InChI is InChI=1S/C14H28N2/c1-5-9-16(12(2)3)11-14(15)8-6-7-13(4)10-14/h5,12-13H,1,6-11,15H2,2-4H3. The predicted molar refractivity (Wildman–Crippen MR) is 71.5 cm³/mol. The first-order chi connectivity index (χ1) is 7.47.